The number of likely N-dealkylation sites (N-methyl/N-ethyl adjacent to an activating group) is 1. The van der Waals surface area contributed by atoms with Gasteiger partial charge in [-0.05, 0) is 30.7 Å². The van der Waals surface area contributed by atoms with E-state index in [0.29, 0.717) is 17.3 Å². The molecule has 0 amide bonds. The predicted octanol–water partition coefficient (Wildman–Crippen LogP) is 2.73. The summed E-state index contributed by atoms with van der Waals surface area (Å²) in [6, 6.07) is 3.48. The second kappa shape index (κ2) is 6.27. The fourth-order valence-corrected chi connectivity index (χ4v) is 2.46. The van der Waals surface area contributed by atoms with Crippen molar-refractivity contribution < 1.29 is 4.92 Å². The lowest BCUT2D eigenvalue weighted by atomic mass is 9.95. The maximum atomic E-state index is 11.7. The maximum Gasteiger partial charge on any atom is 0.296 e. The van der Waals surface area contributed by atoms with Gasteiger partial charge in [0.05, 0.1) is 10.6 Å². The first-order valence-electron chi connectivity index (χ1n) is 6.72. The average Bonchev–Trinajstić information content (AvgIpc) is 2.87. The van der Waals surface area contributed by atoms with Gasteiger partial charge in [0.1, 0.15) is 5.15 Å². The molecule has 116 valence electrons. The Hall–Kier alpha value is -2.21. The summed E-state index contributed by atoms with van der Waals surface area (Å²) in [7, 11) is 3.57. The molecule has 0 spiro atoms. The van der Waals surface area contributed by atoms with Crippen molar-refractivity contribution in [1.29, 1.82) is 0 Å². The highest BCUT2D eigenvalue weighted by Gasteiger charge is 2.40. The summed E-state index contributed by atoms with van der Waals surface area (Å²) in [5.41, 5.74) is 0.544. The summed E-state index contributed by atoms with van der Waals surface area (Å²) in [6.07, 6.45) is 7.04. The molecule has 1 atom stereocenters. The molecule has 22 heavy (non-hydrogen) atoms. The summed E-state index contributed by atoms with van der Waals surface area (Å²) < 4.78 is 0. The Kier molecular flexibility index (Phi) is 4.61. The third kappa shape index (κ3) is 3.33. The number of halogens is 1. The van der Waals surface area contributed by atoms with Gasteiger partial charge in [-0.2, -0.15) is 0 Å². The monoisotopic (exact) mass is 320 g/mol. The summed E-state index contributed by atoms with van der Waals surface area (Å²) in [5.74, 6) is 0. The van der Waals surface area contributed by atoms with Crippen molar-refractivity contribution in [1.82, 2.24) is 9.88 Å². The molecule has 0 fully saturated rings. The van der Waals surface area contributed by atoms with E-state index >= 15 is 0 Å². The van der Waals surface area contributed by atoms with Crippen molar-refractivity contribution in [2.45, 2.75) is 18.9 Å². The van der Waals surface area contributed by atoms with Crippen molar-refractivity contribution >= 4 is 17.8 Å². The topological polar surface area (TPSA) is 71.6 Å². The lowest BCUT2D eigenvalue weighted by molar-refractivity contribution is -0.434. The number of nitro groups is 1. The second-order valence-corrected chi connectivity index (χ2v) is 5.78. The standard InChI is InChI=1S/C15H17ClN4O2/c1-15(7-4-8-18-15)14(20(21)22)12(19(2)3)9-11-5-6-13(16)17-10-11/h4-8,10H,9H2,1-3H3. The number of allylic oxidation sites excluding steroid dienone is 2. The maximum absolute atomic E-state index is 11.7. The predicted molar refractivity (Wildman–Crippen MR) is 86.7 cm³/mol. The molecule has 7 heteroatoms. The van der Waals surface area contributed by atoms with Gasteiger partial charge in [0.25, 0.3) is 5.70 Å². The second-order valence-electron chi connectivity index (χ2n) is 5.40. The van der Waals surface area contributed by atoms with Crippen LogP contribution in [0, 0.1) is 10.1 Å². The molecule has 1 unspecified atom stereocenters. The minimum atomic E-state index is -0.955. The van der Waals surface area contributed by atoms with E-state index in [1.165, 1.54) is 0 Å². The van der Waals surface area contributed by atoms with E-state index in [4.69, 9.17) is 11.6 Å². The Labute approximate surface area is 134 Å². The molecule has 0 saturated carbocycles. The highest BCUT2D eigenvalue weighted by molar-refractivity contribution is 6.29. The molecule has 0 aromatic carbocycles. The van der Waals surface area contributed by atoms with Crippen molar-refractivity contribution in [3.05, 3.63) is 62.7 Å². The molecule has 6 nitrogen and oxygen atoms in total. The molecule has 0 saturated heterocycles. The van der Waals surface area contributed by atoms with Crippen LogP contribution < -0.4 is 0 Å². The van der Waals surface area contributed by atoms with E-state index in [1.807, 2.05) is 6.07 Å². The number of nitrogens with zero attached hydrogens (tertiary/aromatic N) is 4. The summed E-state index contributed by atoms with van der Waals surface area (Å²) in [6.45, 7) is 1.73. The molecule has 2 rings (SSSR count). The van der Waals surface area contributed by atoms with Crippen LogP contribution in [0.25, 0.3) is 0 Å². The summed E-state index contributed by atoms with van der Waals surface area (Å²) in [5, 5.41) is 12.1. The van der Waals surface area contributed by atoms with E-state index in [-0.39, 0.29) is 10.6 Å². The molecular weight excluding hydrogens is 304 g/mol. The smallest absolute Gasteiger partial charge is 0.296 e. The van der Waals surface area contributed by atoms with E-state index in [9.17, 15) is 10.1 Å². The van der Waals surface area contributed by atoms with Crippen LogP contribution in [0.1, 0.15) is 12.5 Å². The van der Waals surface area contributed by atoms with Crippen LogP contribution in [0.3, 0.4) is 0 Å². The molecule has 1 aromatic rings. The lowest BCUT2D eigenvalue weighted by Crippen LogP contribution is -2.31. The summed E-state index contributed by atoms with van der Waals surface area (Å²) in [4.78, 5) is 21.3. The van der Waals surface area contributed by atoms with Crippen molar-refractivity contribution in [3.8, 4) is 0 Å². The molecule has 0 bridgehead atoms. The first-order valence-corrected chi connectivity index (χ1v) is 7.10. The Morgan fingerprint density at radius 1 is 1.45 bits per heavy atom. The zero-order chi connectivity index (χ0) is 16.3. The van der Waals surface area contributed by atoms with E-state index in [0.717, 1.165) is 5.56 Å². The fraction of sp³-hybridized carbons (Fsp3) is 0.333. The molecule has 0 N–H and O–H groups in total. The minimum absolute atomic E-state index is 0.0671. The normalized spacial score (nSPS) is 20.9. The zero-order valence-corrected chi connectivity index (χ0v) is 13.4. The Bertz CT molecular complexity index is 651. The van der Waals surface area contributed by atoms with Gasteiger partial charge in [0, 0.05) is 32.9 Å². The highest BCUT2D eigenvalue weighted by Crippen LogP contribution is 2.31. The van der Waals surface area contributed by atoms with Crippen LogP contribution in [0.5, 0.6) is 0 Å². The lowest BCUT2D eigenvalue weighted by Gasteiger charge is -2.23. The van der Waals surface area contributed by atoms with Crippen molar-refractivity contribution in [3.63, 3.8) is 0 Å². The number of aliphatic imine (C=N–C) groups is 1. The zero-order valence-electron chi connectivity index (χ0n) is 12.7. The minimum Gasteiger partial charge on any atom is -0.375 e. The van der Waals surface area contributed by atoms with Crippen LogP contribution >= 0.6 is 11.6 Å². The number of pyridine rings is 1. The molecule has 0 radical (unpaired) electrons. The SMILES string of the molecule is CN(C)C(Cc1ccc(Cl)nc1)=C([N+](=O)[O-])C1(C)C=CC=N1. The number of aromatic nitrogens is 1. The van der Waals surface area contributed by atoms with Crippen molar-refractivity contribution in [2.75, 3.05) is 14.1 Å². The van der Waals surface area contributed by atoms with Crippen LogP contribution in [-0.4, -0.2) is 40.7 Å². The van der Waals surface area contributed by atoms with Gasteiger partial charge >= 0.3 is 0 Å². The molecule has 1 aliphatic heterocycles. The number of hydrogen-bond donors (Lipinski definition) is 0. The first kappa shape index (κ1) is 16.2. The molecule has 1 aromatic heterocycles. The average molecular weight is 321 g/mol. The molecular formula is C15H17ClN4O2. The molecule has 1 aliphatic rings. The van der Waals surface area contributed by atoms with Crippen LogP contribution in [0.15, 0.2) is 46.9 Å². The third-order valence-corrected chi connectivity index (χ3v) is 3.71. The van der Waals surface area contributed by atoms with Gasteiger partial charge in [-0.25, -0.2) is 4.98 Å². The van der Waals surface area contributed by atoms with Crippen LogP contribution in [-0.2, 0) is 6.42 Å². The van der Waals surface area contributed by atoms with Gasteiger partial charge in [-0.3, -0.25) is 15.1 Å². The fourth-order valence-electron chi connectivity index (χ4n) is 2.35. The van der Waals surface area contributed by atoms with E-state index in [2.05, 4.69) is 9.98 Å². The molecule has 0 aliphatic carbocycles. The largest absolute Gasteiger partial charge is 0.375 e. The van der Waals surface area contributed by atoms with Gasteiger partial charge < -0.3 is 4.90 Å². The molecule has 2 heterocycles. The Balaban J connectivity index is 2.50. The first-order chi connectivity index (χ1) is 10.3. The number of hydrogen-bond acceptors (Lipinski definition) is 5. The van der Waals surface area contributed by atoms with Gasteiger partial charge in [-0.15, -0.1) is 0 Å². The van der Waals surface area contributed by atoms with Gasteiger partial charge in [0.2, 0.25) is 0 Å². The van der Waals surface area contributed by atoms with Gasteiger partial charge in [0.15, 0.2) is 5.54 Å². The summed E-state index contributed by atoms with van der Waals surface area (Å²) >= 11 is 5.78. The van der Waals surface area contributed by atoms with E-state index in [1.54, 1.807) is 56.5 Å². The number of rotatable bonds is 5. The van der Waals surface area contributed by atoms with Crippen molar-refractivity contribution in [2.24, 2.45) is 4.99 Å². The third-order valence-electron chi connectivity index (χ3n) is 3.48. The Morgan fingerprint density at radius 3 is 2.64 bits per heavy atom. The van der Waals surface area contributed by atoms with Gasteiger partial charge in [-0.1, -0.05) is 17.7 Å². The van der Waals surface area contributed by atoms with Crippen LogP contribution in [0.4, 0.5) is 0 Å². The van der Waals surface area contributed by atoms with Crippen LogP contribution in [0.2, 0.25) is 5.15 Å². The highest BCUT2D eigenvalue weighted by atomic mass is 35.5. The Morgan fingerprint density at radius 2 is 2.18 bits per heavy atom. The van der Waals surface area contributed by atoms with E-state index < -0.39 is 5.54 Å². The quantitative estimate of drug-likeness (QED) is 0.475.